The molecular weight excluding hydrogens is 164 g/mol. The zero-order chi connectivity index (χ0) is 8.97. The highest BCUT2D eigenvalue weighted by molar-refractivity contribution is 5.78. The molecule has 78 valence electrons. The van der Waals surface area contributed by atoms with Gasteiger partial charge in [0.05, 0.1) is 6.54 Å². The Bertz CT molecular complexity index is 151. The Morgan fingerprint density at radius 3 is 2.23 bits per heavy atom. The summed E-state index contributed by atoms with van der Waals surface area (Å²) in [6.07, 6.45) is 3.64. The van der Waals surface area contributed by atoms with Crippen molar-refractivity contribution in [2.75, 3.05) is 33.7 Å². The lowest BCUT2D eigenvalue weighted by atomic mass is 10.1. The normalized spacial score (nSPS) is 17.0. The van der Waals surface area contributed by atoms with E-state index < -0.39 is 0 Å². The van der Waals surface area contributed by atoms with E-state index in [4.69, 9.17) is 0 Å². The monoisotopic (exact) mass is 186 g/mol. The summed E-state index contributed by atoms with van der Waals surface area (Å²) in [5, 5.41) is 0. The van der Waals surface area contributed by atoms with Crippen molar-refractivity contribution in [3.8, 4) is 0 Å². The molecule has 1 rings (SSSR count). The van der Waals surface area contributed by atoms with Gasteiger partial charge in [-0.3, -0.25) is 4.79 Å². The molecule has 0 N–H and O–H groups in total. The molecule has 0 unspecified atom stereocenters. The molecule has 1 aliphatic heterocycles. The van der Waals surface area contributed by atoms with Crippen molar-refractivity contribution in [2.45, 2.75) is 26.7 Å². The van der Waals surface area contributed by atoms with Crippen molar-refractivity contribution in [3.05, 3.63) is 0 Å². The topological polar surface area (TPSA) is 23.6 Å². The lowest BCUT2D eigenvalue weighted by molar-refractivity contribution is -0.132. The number of nitrogens with zero attached hydrogens (tertiary/aromatic N) is 2. The molecule has 13 heavy (non-hydrogen) atoms. The van der Waals surface area contributed by atoms with Gasteiger partial charge in [0.25, 0.3) is 0 Å². The maximum atomic E-state index is 11.5. The van der Waals surface area contributed by atoms with Gasteiger partial charge in [-0.2, -0.15) is 0 Å². The molecule has 1 fully saturated rings. The van der Waals surface area contributed by atoms with Crippen LogP contribution in [-0.4, -0.2) is 49.4 Å². The van der Waals surface area contributed by atoms with Gasteiger partial charge in [-0.1, -0.05) is 7.43 Å². The summed E-state index contributed by atoms with van der Waals surface area (Å²) in [7, 11) is 3.86. The smallest absolute Gasteiger partial charge is 0.236 e. The SMILES string of the molecule is C.CN(C)CC(=O)N1CCCCC1. The van der Waals surface area contributed by atoms with Gasteiger partial charge in [0, 0.05) is 13.1 Å². The summed E-state index contributed by atoms with van der Waals surface area (Å²) in [6.45, 7) is 2.49. The molecule has 0 bridgehead atoms. The summed E-state index contributed by atoms with van der Waals surface area (Å²) in [5.74, 6) is 0.278. The van der Waals surface area contributed by atoms with Crippen molar-refractivity contribution < 1.29 is 4.79 Å². The van der Waals surface area contributed by atoms with Crippen LogP contribution in [0.4, 0.5) is 0 Å². The number of carbonyl (C=O) groups is 1. The Morgan fingerprint density at radius 1 is 1.23 bits per heavy atom. The van der Waals surface area contributed by atoms with Crippen molar-refractivity contribution >= 4 is 5.91 Å². The summed E-state index contributed by atoms with van der Waals surface area (Å²) in [4.78, 5) is 15.4. The van der Waals surface area contributed by atoms with Crippen LogP contribution >= 0.6 is 0 Å². The van der Waals surface area contributed by atoms with Crippen molar-refractivity contribution in [2.24, 2.45) is 0 Å². The van der Waals surface area contributed by atoms with Gasteiger partial charge >= 0.3 is 0 Å². The molecule has 0 saturated carbocycles. The molecule has 0 radical (unpaired) electrons. The number of likely N-dealkylation sites (tertiary alicyclic amines) is 1. The molecule has 3 nitrogen and oxygen atoms in total. The number of hydrogen-bond acceptors (Lipinski definition) is 2. The molecular formula is C10H22N2O. The van der Waals surface area contributed by atoms with E-state index in [0.717, 1.165) is 13.1 Å². The van der Waals surface area contributed by atoms with Gasteiger partial charge in [-0.05, 0) is 33.4 Å². The first kappa shape index (κ1) is 12.4. The number of hydrogen-bond donors (Lipinski definition) is 0. The Labute approximate surface area is 81.7 Å². The van der Waals surface area contributed by atoms with E-state index in [1.54, 1.807) is 0 Å². The average Bonchev–Trinajstić information content (AvgIpc) is 2.05. The minimum atomic E-state index is 0. The zero-order valence-corrected chi connectivity index (χ0v) is 8.05. The zero-order valence-electron chi connectivity index (χ0n) is 8.05. The van der Waals surface area contributed by atoms with Gasteiger partial charge in [0.15, 0.2) is 0 Å². The average molecular weight is 186 g/mol. The molecule has 0 aliphatic carbocycles. The van der Waals surface area contributed by atoms with E-state index in [9.17, 15) is 4.79 Å². The van der Waals surface area contributed by atoms with Crippen LogP contribution in [0.15, 0.2) is 0 Å². The molecule has 0 atom stereocenters. The fraction of sp³-hybridized carbons (Fsp3) is 0.900. The van der Waals surface area contributed by atoms with E-state index in [-0.39, 0.29) is 13.3 Å². The van der Waals surface area contributed by atoms with Gasteiger partial charge in [-0.25, -0.2) is 0 Å². The Morgan fingerprint density at radius 2 is 1.77 bits per heavy atom. The van der Waals surface area contributed by atoms with Gasteiger partial charge in [0.1, 0.15) is 0 Å². The van der Waals surface area contributed by atoms with Crippen LogP contribution in [-0.2, 0) is 4.79 Å². The van der Waals surface area contributed by atoms with Crippen LogP contribution in [0.25, 0.3) is 0 Å². The van der Waals surface area contributed by atoms with E-state index in [0.29, 0.717) is 6.54 Å². The fourth-order valence-corrected chi connectivity index (χ4v) is 1.51. The molecule has 0 aromatic heterocycles. The largest absolute Gasteiger partial charge is 0.342 e. The quantitative estimate of drug-likeness (QED) is 0.647. The molecule has 1 amide bonds. The van der Waals surface area contributed by atoms with Crippen LogP contribution in [0.3, 0.4) is 0 Å². The lowest BCUT2D eigenvalue weighted by Gasteiger charge is -2.27. The highest BCUT2D eigenvalue weighted by Gasteiger charge is 2.16. The minimum Gasteiger partial charge on any atom is -0.342 e. The van der Waals surface area contributed by atoms with Gasteiger partial charge in [-0.15, -0.1) is 0 Å². The van der Waals surface area contributed by atoms with Crippen molar-refractivity contribution in [1.82, 2.24) is 9.80 Å². The number of likely N-dealkylation sites (N-methyl/N-ethyl adjacent to an activating group) is 1. The number of piperidine rings is 1. The first-order valence-electron chi connectivity index (χ1n) is 4.62. The second kappa shape index (κ2) is 5.97. The third-order valence-electron chi connectivity index (χ3n) is 2.16. The molecule has 0 aromatic carbocycles. The van der Waals surface area contributed by atoms with E-state index in [1.807, 2.05) is 23.9 Å². The number of amides is 1. The van der Waals surface area contributed by atoms with Crippen molar-refractivity contribution in [3.63, 3.8) is 0 Å². The summed E-state index contributed by atoms with van der Waals surface area (Å²) >= 11 is 0. The number of carbonyl (C=O) groups excluding carboxylic acids is 1. The van der Waals surface area contributed by atoms with E-state index in [1.165, 1.54) is 19.3 Å². The molecule has 1 heterocycles. The second-order valence-corrected chi connectivity index (χ2v) is 3.68. The lowest BCUT2D eigenvalue weighted by Crippen LogP contribution is -2.40. The molecule has 3 heteroatoms. The molecule has 1 aliphatic rings. The summed E-state index contributed by atoms with van der Waals surface area (Å²) in [6, 6.07) is 0. The van der Waals surface area contributed by atoms with Crippen LogP contribution in [0.2, 0.25) is 0 Å². The molecule has 0 spiro atoms. The molecule has 1 saturated heterocycles. The fourth-order valence-electron chi connectivity index (χ4n) is 1.51. The van der Waals surface area contributed by atoms with E-state index in [2.05, 4.69) is 0 Å². The van der Waals surface area contributed by atoms with E-state index >= 15 is 0 Å². The first-order chi connectivity index (χ1) is 5.70. The predicted molar refractivity (Wildman–Crippen MR) is 55.7 cm³/mol. The Kier molecular flexibility index (Phi) is 5.71. The minimum absolute atomic E-state index is 0. The Hall–Kier alpha value is -0.570. The number of rotatable bonds is 2. The highest BCUT2D eigenvalue weighted by Crippen LogP contribution is 2.08. The maximum absolute atomic E-state index is 11.5. The van der Waals surface area contributed by atoms with Gasteiger partial charge < -0.3 is 9.80 Å². The Balaban J connectivity index is 0.00000144. The van der Waals surface area contributed by atoms with Crippen LogP contribution in [0, 0.1) is 0 Å². The van der Waals surface area contributed by atoms with Crippen LogP contribution in [0.1, 0.15) is 26.7 Å². The van der Waals surface area contributed by atoms with Crippen LogP contribution in [0.5, 0.6) is 0 Å². The predicted octanol–water partition coefficient (Wildman–Crippen LogP) is 1.20. The second-order valence-electron chi connectivity index (χ2n) is 3.68. The van der Waals surface area contributed by atoms with Gasteiger partial charge in [0.2, 0.25) is 5.91 Å². The maximum Gasteiger partial charge on any atom is 0.236 e. The first-order valence-corrected chi connectivity index (χ1v) is 4.62. The molecule has 0 aromatic rings. The third kappa shape index (κ3) is 4.27. The highest BCUT2D eigenvalue weighted by atomic mass is 16.2. The summed E-state index contributed by atoms with van der Waals surface area (Å²) < 4.78 is 0. The van der Waals surface area contributed by atoms with Crippen LogP contribution < -0.4 is 0 Å². The summed E-state index contributed by atoms with van der Waals surface area (Å²) in [5.41, 5.74) is 0. The third-order valence-corrected chi connectivity index (χ3v) is 2.16. The standard InChI is InChI=1S/C9H18N2O.CH4/c1-10(2)8-9(12)11-6-4-3-5-7-11;/h3-8H2,1-2H3;1H4. The van der Waals surface area contributed by atoms with Crippen molar-refractivity contribution in [1.29, 1.82) is 0 Å².